The van der Waals surface area contributed by atoms with E-state index in [4.69, 9.17) is 4.74 Å². The first-order valence-corrected chi connectivity index (χ1v) is 4.63. The molecule has 1 rings (SSSR count). The van der Waals surface area contributed by atoms with Crippen LogP contribution in [0.15, 0.2) is 0 Å². The lowest BCUT2D eigenvalue weighted by molar-refractivity contribution is 0.0193. The third kappa shape index (κ3) is 2.73. The Morgan fingerprint density at radius 1 is 1.58 bits per heavy atom. The number of hydrogen-bond acceptors (Lipinski definition) is 3. The summed E-state index contributed by atoms with van der Waals surface area (Å²) in [6.45, 7) is 5.73. The topological polar surface area (TPSA) is 32.7 Å². The number of methoxy groups -OCH3 is 1. The maximum absolute atomic E-state index is 9.56. The highest BCUT2D eigenvalue weighted by atomic mass is 16.5. The van der Waals surface area contributed by atoms with Gasteiger partial charge in [0.2, 0.25) is 0 Å². The van der Waals surface area contributed by atoms with Crippen LogP contribution in [0.3, 0.4) is 0 Å². The van der Waals surface area contributed by atoms with Gasteiger partial charge in [0.25, 0.3) is 0 Å². The Balaban J connectivity index is 2.21. The van der Waals surface area contributed by atoms with Crippen molar-refractivity contribution in [3.05, 3.63) is 0 Å². The molecule has 72 valence electrons. The zero-order chi connectivity index (χ0) is 8.97. The van der Waals surface area contributed by atoms with Crippen molar-refractivity contribution in [3.63, 3.8) is 0 Å². The van der Waals surface area contributed by atoms with Crippen molar-refractivity contribution >= 4 is 0 Å². The smallest absolute Gasteiger partial charge is 0.0693 e. The third-order valence-corrected chi connectivity index (χ3v) is 2.61. The highest BCUT2D eigenvalue weighted by Gasteiger charge is 2.23. The molecule has 0 amide bonds. The summed E-state index contributed by atoms with van der Waals surface area (Å²) in [4.78, 5) is 2.26. The molecule has 0 bridgehead atoms. The molecule has 12 heavy (non-hydrogen) atoms. The Morgan fingerprint density at radius 2 is 2.33 bits per heavy atom. The predicted octanol–water partition coefficient (Wildman–Crippen LogP) is 0.336. The Hall–Kier alpha value is -0.120. The van der Waals surface area contributed by atoms with E-state index in [1.54, 1.807) is 7.11 Å². The van der Waals surface area contributed by atoms with Gasteiger partial charge in [0.1, 0.15) is 0 Å². The van der Waals surface area contributed by atoms with Crippen molar-refractivity contribution in [2.45, 2.75) is 19.4 Å². The van der Waals surface area contributed by atoms with E-state index in [0.29, 0.717) is 5.92 Å². The van der Waals surface area contributed by atoms with E-state index in [9.17, 15) is 5.11 Å². The van der Waals surface area contributed by atoms with Crippen LogP contribution < -0.4 is 0 Å². The number of ether oxygens (including phenoxy) is 1. The highest BCUT2D eigenvalue weighted by Crippen LogP contribution is 2.16. The summed E-state index contributed by atoms with van der Waals surface area (Å²) in [5, 5.41) is 9.56. The van der Waals surface area contributed by atoms with E-state index >= 15 is 0 Å². The molecule has 0 aromatic heterocycles. The molecule has 1 saturated heterocycles. The minimum absolute atomic E-state index is 0.143. The summed E-state index contributed by atoms with van der Waals surface area (Å²) in [6.07, 6.45) is 0.959. The number of aliphatic hydroxyl groups excluding tert-OH is 1. The summed E-state index contributed by atoms with van der Waals surface area (Å²) < 4.78 is 4.98. The molecular weight excluding hydrogens is 154 g/mol. The van der Waals surface area contributed by atoms with Crippen LogP contribution in [0.1, 0.15) is 13.3 Å². The first-order valence-electron chi connectivity index (χ1n) is 4.63. The number of likely N-dealkylation sites (tertiary alicyclic amines) is 1. The Morgan fingerprint density at radius 3 is 2.92 bits per heavy atom. The molecule has 0 saturated carbocycles. The van der Waals surface area contributed by atoms with Gasteiger partial charge in [-0.2, -0.15) is 0 Å². The van der Waals surface area contributed by atoms with Gasteiger partial charge in [-0.05, 0) is 18.9 Å². The lowest BCUT2D eigenvalue weighted by Crippen LogP contribution is -2.43. The predicted molar refractivity (Wildman–Crippen MR) is 48.1 cm³/mol. The first kappa shape index (κ1) is 9.96. The number of nitrogens with zero attached hydrogens (tertiary/aromatic N) is 1. The van der Waals surface area contributed by atoms with Crippen LogP contribution in [0.2, 0.25) is 0 Å². The Bertz CT molecular complexity index is 128. The van der Waals surface area contributed by atoms with E-state index < -0.39 is 0 Å². The normalized spacial score (nSPS) is 32.2. The molecule has 0 aromatic carbocycles. The average Bonchev–Trinajstić information content (AvgIpc) is 2.07. The van der Waals surface area contributed by atoms with Crippen LogP contribution in [0.5, 0.6) is 0 Å². The van der Waals surface area contributed by atoms with Crippen molar-refractivity contribution in [2.24, 2.45) is 5.92 Å². The number of aliphatic hydroxyl groups is 1. The number of rotatable bonds is 3. The molecule has 3 heteroatoms. The molecule has 1 aliphatic heterocycles. The van der Waals surface area contributed by atoms with Gasteiger partial charge in [0.15, 0.2) is 0 Å². The molecule has 2 atom stereocenters. The molecule has 1 fully saturated rings. The van der Waals surface area contributed by atoms with Crippen molar-refractivity contribution in [1.29, 1.82) is 0 Å². The summed E-state index contributed by atoms with van der Waals surface area (Å²) in [5.74, 6) is 0.462. The van der Waals surface area contributed by atoms with Crippen molar-refractivity contribution in [2.75, 3.05) is 33.4 Å². The first-order chi connectivity index (χ1) is 5.74. The molecule has 0 aromatic rings. The van der Waals surface area contributed by atoms with Crippen LogP contribution in [-0.4, -0.2) is 49.5 Å². The summed E-state index contributed by atoms with van der Waals surface area (Å²) in [7, 11) is 1.71. The maximum atomic E-state index is 9.56. The van der Waals surface area contributed by atoms with Crippen LogP contribution in [0.25, 0.3) is 0 Å². The molecule has 1 aliphatic rings. The second-order valence-electron chi connectivity index (χ2n) is 3.63. The lowest BCUT2D eigenvalue weighted by atomic mass is 9.96. The monoisotopic (exact) mass is 173 g/mol. The van der Waals surface area contributed by atoms with E-state index in [-0.39, 0.29) is 6.10 Å². The molecule has 3 nitrogen and oxygen atoms in total. The minimum atomic E-state index is -0.143. The lowest BCUT2D eigenvalue weighted by Gasteiger charge is -2.33. The van der Waals surface area contributed by atoms with Gasteiger partial charge in [-0.1, -0.05) is 6.92 Å². The fourth-order valence-corrected chi connectivity index (χ4v) is 1.54. The SMILES string of the molecule is COCCN1CCC(C)C(O)C1. The van der Waals surface area contributed by atoms with Crippen LogP contribution in [-0.2, 0) is 4.74 Å². The minimum Gasteiger partial charge on any atom is -0.392 e. The van der Waals surface area contributed by atoms with Gasteiger partial charge in [-0.3, -0.25) is 4.90 Å². The van der Waals surface area contributed by atoms with Crippen LogP contribution >= 0.6 is 0 Å². The van der Waals surface area contributed by atoms with Gasteiger partial charge in [0, 0.05) is 20.2 Å². The van der Waals surface area contributed by atoms with Crippen molar-refractivity contribution in [1.82, 2.24) is 4.90 Å². The summed E-state index contributed by atoms with van der Waals surface area (Å²) in [6, 6.07) is 0. The fraction of sp³-hybridized carbons (Fsp3) is 1.00. The second kappa shape index (κ2) is 4.80. The highest BCUT2D eigenvalue weighted by molar-refractivity contribution is 4.76. The molecule has 1 heterocycles. The standard InChI is InChI=1S/C9H19NO2/c1-8-3-4-10(5-6-12-2)7-9(8)11/h8-9,11H,3-7H2,1-2H3. The van der Waals surface area contributed by atoms with E-state index in [1.807, 2.05) is 0 Å². The molecule has 0 spiro atoms. The number of hydrogen-bond donors (Lipinski definition) is 1. The van der Waals surface area contributed by atoms with Gasteiger partial charge in [0.05, 0.1) is 12.7 Å². The van der Waals surface area contributed by atoms with E-state index in [1.165, 1.54) is 0 Å². The quantitative estimate of drug-likeness (QED) is 0.668. The van der Waals surface area contributed by atoms with Gasteiger partial charge >= 0.3 is 0 Å². The molecule has 0 radical (unpaired) electrons. The van der Waals surface area contributed by atoms with Gasteiger partial charge in [-0.25, -0.2) is 0 Å². The van der Waals surface area contributed by atoms with E-state index in [2.05, 4.69) is 11.8 Å². The number of β-amino-alcohol motifs (C(OH)–C–C–N with tert-alkyl or cyclic N) is 1. The summed E-state index contributed by atoms with van der Waals surface area (Å²) >= 11 is 0. The van der Waals surface area contributed by atoms with Crippen LogP contribution in [0.4, 0.5) is 0 Å². The number of piperidine rings is 1. The van der Waals surface area contributed by atoms with Crippen LogP contribution in [0, 0.1) is 5.92 Å². The van der Waals surface area contributed by atoms with E-state index in [0.717, 1.165) is 32.7 Å². The molecule has 0 aliphatic carbocycles. The second-order valence-corrected chi connectivity index (χ2v) is 3.63. The third-order valence-electron chi connectivity index (χ3n) is 2.61. The van der Waals surface area contributed by atoms with Gasteiger partial charge < -0.3 is 9.84 Å². The largest absolute Gasteiger partial charge is 0.392 e. The summed E-state index contributed by atoms with van der Waals surface area (Å²) in [5.41, 5.74) is 0. The fourth-order valence-electron chi connectivity index (χ4n) is 1.54. The molecule has 2 unspecified atom stereocenters. The Kier molecular flexibility index (Phi) is 3.98. The Labute approximate surface area is 74.3 Å². The molecule has 1 N–H and O–H groups in total. The average molecular weight is 173 g/mol. The van der Waals surface area contributed by atoms with Gasteiger partial charge in [-0.15, -0.1) is 0 Å². The van der Waals surface area contributed by atoms with Crippen molar-refractivity contribution < 1.29 is 9.84 Å². The van der Waals surface area contributed by atoms with Crippen molar-refractivity contribution in [3.8, 4) is 0 Å². The maximum Gasteiger partial charge on any atom is 0.0693 e. The zero-order valence-electron chi connectivity index (χ0n) is 7.99. The molecular formula is C9H19NO2. The zero-order valence-corrected chi connectivity index (χ0v) is 7.99.